The van der Waals surface area contributed by atoms with E-state index in [0.717, 1.165) is 35.0 Å². The molecule has 7 heteroatoms. The van der Waals surface area contributed by atoms with Gasteiger partial charge in [0.1, 0.15) is 0 Å². The highest BCUT2D eigenvalue weighted by Crippen LogP contribution is 2.36. The zero-order valence-corrected chi connectivity index (χ0v) is 16.7. The lowest BCUT2D eigenvalue weighted by atomic mass is 10.1. The first-order valence-corrected chi connectivity index (χ1v) is 10.4. The number of carbonyl (C=O) groups is 1. The van der Waals surface area contributed by atoms with E-state index in [4.69, 9.17) is 14.8 Å². The summed E-state index contributed by atoms with van der Waals surface area (Å²) < 4.78 is 5.83. The van der Waals surface area contributed by atoms with Gasteiger partial charge >= 0.3 is 6.03 Å². The number of fused-ring (bicyclic) bond motifs is 2. The lowest BCUT2D eigenvalue weighted by Crippen LogP contribution is -2.47. The smallest absolute Gasteiger partial charge is 0.325 e. The van der Waals surface area contributed by atoms with E-state index in [0.29, 0.717) is 37.3 Å². The molecule has 0 atom stereocenters. The van der Waals surface area contributed by atoms with Crippen LogP contribution in [0.3, 0.4) is 0 Å². The van der Waals surface area contributed by atoms with E-state index in [1.807, 2.05) is 47.4 Å². The molecule has 2 aromatic carbocycles. The van der Waals surface area contributed by atoms with Crippen LogP contribution in [-0.2, 0) is 13.1 Å². The summed E-state index contributed by atoms with van der Waals surface area (Å²) in [6, 6.07) is 16.1. The molecule has 2 heterocycles. The zero-order valence-electron chi connectivity index (χ0n) is 16.7. The summed E-state index contributed by atoms with van der Waals surface area (Å²) in [7, 11) is 0. The van der Waals surface area contributed by atoms with Crippen LogP contribution in [0.2, 0.25) is 0 Å². The van der Waals surface area contributed by atoms with Gasteiger partial charge in [-0.1, -0.05) is 30.3 Å². The van der Waals surface area contributed by atoms with Crippen molar-refractivity contribution in [1.29, 1.82) is 0 Å². The van der Waals surface area contributed by atoms with Crippen molar-refractivity contribution in [3.63, 3.8) is 0 Å². The topological polar surface area (TPSA) is 78.8 Å². The SMILES string of the molecule is O=C1N(Cc2nc(OCCCO)c3ccccc3n2)c2ccccc2CN1C1CC1. The van der Waals surface area contributed by atoms with Gasteiger partial charge in [-0.15, -0.1) is 0 Å². The highest BCUT2D eigenvalue weighted by molar-refractivity contribution is 5.95. The van der Waals surface area contributed by atoms with E-state index in [2.05, 4.69) is 11.1 Å². The maximum absolute atomic E-state index is 13.3. The number of aromatic nitrogens is 2. The molecular formula is C23H24N4O3. The van der Waals surface area contributed by atoms with Gasteiger partial charge in [-0.2, -0.15) is 4.98 Å². The molecule has 1 aromatic heterocycles. The van der Waals surface area contributed by atoms with Crippen molar-refractivity contribution in [2.45, 2.75) is 38.4 Å². The van der Waals surface area contributed by atoms with E-state index >= 15 is 0 Å². The molecule has 1 aliphatic heterocycles. The average Bonchev–Trinajstić information content (AvgIpc) is 3.61. The molecule has 0 saturated heterocycles. The molecule has 30 heavy (non-hydrogen) atoms. The van der Waals surface area contributed by atoms with Crippen LogP contribution in [0.4, 0.5) is 10.5 Å². The van der Waals surface area contributed by atoms with Crippen molar-refractivity contribution in [2.75, 3.05) is 18.1 Å². The molecule has 154 valence electrons. The first-order valence-electron chi connectivity index (χ1n) is 10.4. The van der Waals surface area contributed by atoms with E-state index < -0.39 is 0 Å². The van der Waals surface area contributed by atoms with Crippen LogP contribution in [0, 0.1) is 0 Å². The third-order valence-corrected chi connectivity index (χ3v) is 5.54. The van der Waals surface area contributed by atoms with Crippen molar-refractivity contribution in [1.82, 2.24) is 14.9 Å². The number of nitrogens with zero attached hydrogens (tertiary/aromatic N) is 4. The van der Waals surface area contributed by atoms with Crippen LogP contribution in [0.5, 0.6) is 5.88 Å². The number of aliphatic hydroxyl groups excluding tert-OH is 1. The number of anilines is 1. The molecular weight excluding hydrogens is 380 g/mol. The molecule has 2 aliphatic rings. The van der Waals surface area contributed by atoms with Gasteiger partial charge in [-0.3, -0.25) is 4.90 Å². The number of aliphatic hydroxyl groups is 1. The van der Waals surface area contributed by atoms with E-state index in [1.165, 1.54) is 0 Å². The number of benzene rings is 2. The molecule has 1 saturated carbocycles. The van der Waals surface area contributed by atoms with Crippen LogP contribution in [0.1, 0.15) is 30.7 Å². The van der Waals surface area contributed by atoms with Crippen LogP contribution >= 0.6 is 0 Å². The Morgan fingerprint density at radius 1 is 1.07 bits per heavy atom. The second-order valence-electron chi connectivity index (χ2n) is 7.74. The summed E-state index contributed by atoms with van der Waals surface area (Å²) >= 11 is 0. The molecule has 1 N–H and O–H groups in total. The normalized spacial score (nSPS) is 16.1. The molecule has 3 aromatic rings. The Hall–Kier alpha value is -3.19. The predicted octanol–water partition coefficient (Wildman–Crippen LogP) is 3.50. The molecule has 1 fully saturated rings. The van der Waals surface area contributed by atoms with Crippen molar-refractivity contribution in [2.24, 2.45) is 0 Å². The fraction of sp³-hybridized carbons (Fsp3) is 0.348. The Bertz CT molecular complexity index is 1080. The Morgan fingerprint density at radius 2 is 1.87 bits per heavy atom. The monoisotopic (exact) mass is 404 g/mol. The fourth-order valence-corrected chi connectivity index (χ4v) is 3.89. The van der Waals surface area contributed by atoms with Crippen molar-refractivity contribution in [3.05, 3.63) is 59.9 Å². The first kappa shape index (κ1) is 18.8. The first-order chi connectivity index (χ1) is 14.7. The van der Waals surface area contributed by atoms with Crippen LogP contribution < -0.4 is 9.64 Å². The van der Waals surface area contributed by atoms with Crippen LogP contribution in [-0.4, -0.2) is 45.3 Å². The van der Waals surface area contributed by atoms with Gasteiger partial charge in [0.25, 0.3) is 0 Å². The summed E-state index contributed by atoms with van der Waals surface area (Å²) in [6.07, 6.45) is 2.66. The van der Waals surface area contributed by atoms with Crippen molar-refractivity contribution < 1.29 is 14.6 Å². The lowest BCUT2D eigenvalue weighted by molar-refractivity contribution is 0.194. The van der Waals surface area contributed by atoms with E-state index in [9.17, 15) is 4.79 Å². The van der Waals surface area contributed by atoms with E-state index in [1.54, 1.807) is 4.90 Å². The largest absolute Gasteiger partial charge is 0.477 e. The fourth-order valence-electron chi connectivity index (χ4n) is 3.89. The summed E-state index contributed by atoms with van der Waals surface area (Å²) in [6.45, 7) is 1.37. The van der Waals surface area contributed by atoms with Crippen LogP contribution in [0.25, 0.3) is 10.9 Å². The number of amides is 2. The summed E-state index contributed by atoms with van der Waals surface area (Å²) in [5.74, 6) is 1.02. The quantitative estimate of drug-likeness (QED) is 0.610. The Kier molecular flexibility index (Phi) is 4.96. The number of rotatable bonds is 7. The number of urea groups is 1. The van der Waals surface area contributed by atoms with Gasteiger partial charge in [-0.25, -0.2) is 9.78 Å². The minimum atomic E-state index is 0.00991. The van der Waals surface area contributed by atoms with Crippen LogP contribution in [0.15, 0.2) is 48.5 Å². The Balaban J connectivity index is 1.50. The number of para-hydroxylation sites is 2. The Morgan fingerprint density at radius 3 is 2.70 bits per heavy atom. The molecule has 0 spiro atoms. The second kappa shape index (κ2) is 7.91. The van der Waals surface area contributed by atoms with E-state index in [-0.39, 0.29) is 19.2 Å². The number of carbonyl (C=O) groups excluding carboxylic acids is 1. The summed E-state index contributed by atoms with van der Waals surface area (Å²) in [5.41, 5.74) is 2.83. The molecule has 0 bridgehead atoms. The zero-order chi connectivity index (χ0) is 20.5. The van der Waals surface area contributed by atoms with Gasteiger partial charge in [0, 0.05) is 25.6 Å². The number of hydrogen-bond acceptors (Lipinski definition) is 5. The van der Waals surface area contributed by atoms with Crippen molar-refractivity contribution in [3.8, 4) is 5.88 Å². The standard InChI is InChI=1S/C23H24N4O3/c28-12-5-13-30-22-18-7-2-3-8-19(18)24-21(25-22)15-27-20-9-4-1-6-16(20)14-26(23(27)29)17-10-11-17/h1-4,6-9,17,28H,5,10-15H2. The van der Waals surface area contributed by atoms with Crippen molar-refractivity contribution >= 4 is 22.6 Å². The third-order valence-electron chi connectivity index (χ3n) is 5.54. The molecule has 2 amide bonds. The van der Waals surface area contributed by atoms with Gasteiger partial charge in [-0.05, 0) is 36.6 Å². The Labute approximate surface area is 174 Å². The minimum Gasteiger partial charge on any atom is -0.477 e. The third kappa shape index (κ3) is 3.57. The number of ether oxygens (including phenoxy) is 1. The van der Waals surface area contributed by atoms with Gasteiger partial charge in [0.05, 0.1) is 29.7 Å². The molecule has 7 nitrogen and oxygen atoms in total. The maximum Gasteiger partial charge on any atom is 0.325 e. The van der Waals surface area contributed by atoms with Gasteiger partial charge in [0.2, 0.25) is 5.88 Å². The average molecular weight is 404 g/mol. The minimum absolute atomic E-state index is 0.00991. The van der Waals surface area contributed by atoms with Gasteiger partial charge < -0.3 is 14.7 Å². The highest BCUT2D eigenvalue weighted by Gasteiger charge is 2.39. The van der Waals surface area contributed by atoms with Gasteiger partial charge in [0.15, 0.2) is 5.82 Å². The number of hydrogen-bond donors (Lipinski definition) is 1. The molecule has 1 aliphatic carbocycles. The highest BCUT2D eigenvalue weighted by atomic mass is 16.5. The summed E-state index contributed by atoms with van der Waals surface area (Å²) in [5, 5.41) is 9.89. The lowest BCUT2D eigenvalue weighted by Gasteiger charge is -2.37. The molecule has 0 unspecified atom stereocenters. The predicted molar refractivity (Wildman–Crippen MR) is 113 cm³/mol. The molecule has 5 rings (SSSR count). The molecule has 0 radical (unpaired) electrons. The summed E-state index contributed by atoms with van der Waals surface area (Å²) in [4.78, 5) is 26.3. The second-order valence-corrected chi connectivity index (χ2v) is 7.74. The maximum atomic E-state index is 13.3.